The van der Waals surface area contributed by atoms with Crippen LogP contribution in [0.2, 0.25) is 0 Å². The molecule has 0 aliphatic heterocycles. The van der Waals surface area contributed by atoms with Crippen LogP contribution in [-0.2, 0) is 6.61 Å². The number of rotatable bonds is 5. The Morgan fingerprint density at radius 2 is 1.84 bits per heavy atom. The first-order chi connectivity index (χ1) is 9.22. The van der Waals surface area contributed by atoms with Gasteiger partial charge in [-0.05, 0) is 12.1 Å². The van der Waals surface area contributed by atoms with E-state index in [1.165, 1.54) is 6.07 Å². The van der Waals surface area contributed by atoms with Crippen LogP contribution in [0.5, 0.6) is 5.75 Å². The molecule has 0 fully saturated rings. The maximum atomic E-state index is 10.9. The van der Waals surface area contributed by atoms with E-state index in [2.05, 4.69) is 6.58 Å². The van der Waals surface area contributed by atoms with Crippen molar-refractivity contribution >= 4 is 11.8 Å². The second-order valence-electron chi connectivity index (χ2n) is 3.92. The van der Waals surface area contributed by atoms with E-state index in [0.717, 1.165) is 5.56 Å². The summed E-state index contributed by atoms with van der Waals surface area (Å²) in [6.07, 6.45) is 1.69. The van der Waals surface area contributed by atoms with E-state index in [4.69, 9.17) is 4.74 Å². The maximum absolute atomic E-state index is 10.9. The van der Waals surface area contributed by atoms with E-state index in [1.54, 1.807) is 24.3 Å². The van der Waals surface area contributed by atoms with Crippen LogP contribution in [0, 0.1) is 10.1 Å². The fourth-order valence-corrected chi connectivity index (χ4v) is 1.75. The molecule has 0 bridgehead atoms. The van der Waals surface area contributed by atoms with Gasteiger partial charge < -0.3 is 4.74 Å². The number of benzene rings is 2. The van der Waals surface area contributed by atoms with Crippen molar-refractivity contribution in [3.8, 4) is 5.75 Å². The highest BCUT2D eigenvalue weighted by molar-refractivity contribution is 5.55. The number of nitrogens with zero attached hydrogens (tertiary/aromatic N) is 1. The first-order valence-corrected chi connectivity index (χ1v) is 5.79. The molecule has 0 radical (unpaired) electrons. The van der Waals surface area contributed by atoms with E-state index >= 15 is 0 Å². The monoisotopic (exact) mass is 255 g/mol. The van der Waals surface area contributed by atoms with Gasteiger partial charge in [0.15, 0.2) is 0 Å². The van der Waals surface area contributed by atoms with Crippen molar-refractivity contribution in [2.75, 3.05) is 0 Å². The number of nitro groups is 1. The number of para-hydroxylation sites is 2. The number of nitro benzene ring substituents is 1. The molecule has 0 saturated heterocycles. The van der Waals surface area contributed by atoms with Crippen LogP contribution in [0.3, 0.4) is 0 Å². The average Bonchev–Trinajstić information content (AvgIpc) is 2.45. The molecule has 4 heteroatoms. The smallest absolute Gasteiger partial charge is 0.276 e. The van der Waals surface area contributed by atoms with Crippen molar-refractivity contribution in [1.29, 1.82) is 0 Å². The Balaban J connectivity index is 2.19. The van der Waals surface area contributed by atoms with Crippen LogP contribution in [0.1, 0.15) is 11.1 Å². The van der Waals surface area contributed by atoms with Crippen LogP contribution < -0.4 is 4.74 Å². The van der Waals surface area contributed by atoms with E-state index in [0.29, 0.717) is 11.3 Å². The summed E-state index contributed by atoms with van der Waals surface area (Å²) in [5.41, 5.74) is 1.48. The minimum atomic E-state index is -0.405. The standard InChI is InChI=1S/C15H13NO3/c1-2-12-7-4-6-10-15(12)19-11-13-8-3-5-9-14(13)16(17)18/h2-10H,1,11H2. The molecule has 0 N–H and O–H groups in total. The maximum Gasteiger partial charge on any atom is 0.276 e. The summed E-state index contributed by atoms with van der Waals surface area (Å²) in [4.78, 5) is 10.5. The predicted octanol–water partition coefficient (Wildman–Crippen LogP) is 3.82. The molecule has 0 aliphatic carbocycles. The fraction of sp³-hybridized carbons (Fsp3) is 0.0667. The van der Waals surface area contributed by atoms with Crippen molar-refractivity contribution in [1.82, 2.24) is 0 Å². The molecule has 0 heterocycles. The minimum absolute atomic E-state index is 0.0681. The van der Waals surface area contributed by atoms with Crippen molar-refractivity contribution in [2.24, 2.45) is 0 Å². The highest BCUT2D eigenvalue weighted by Gasteiger charge is 2.12. The van der Waals surface area contributed by atoms with Crippen LogP contribution in [0.15, 0.2) is 55.1 Å². The van der Waals surface area contributed by atoms with Gasteiger partial charge in [-0.3, -0.25) is 10.1 Å². The van der Waals surface area contributed by atoms with E-state index in [9.17, 15) is 10.1 Å². The van der Waals surface area contributed by atoms with Crippen LogP contribution in [0.25, 0.3) is 6.08 Å². The molecule has 2 rings (SSSR count). The molecule has 96 valence electrons. The van der Waals surface area contributed by atoms with Crippen molar-refractivity contribution in [3.05, 3.63) is 76.4 Å². The summed E-state index contributed by atoms with van der Waals surface area (Å²) < 4.78 is 5.63. The van der Waals surface area contributed by atoms with E-state index in [1.807, 2.05) is 24.3 Å². The largest absolute Gasteiger partial charge is 0.488 e. The number of hydrogen-bond acceptors (Lipinski definition) is 3. The molecular formula is C15H13NO3. The molecule has 0 atom stereocenters. The van der Waals surface area contributed by atoms with Gasteiger partial charge in [0.25, 0.3) is 5.69 Å². The highest BCUT2D eigenvalue weighted by atomic mass is 16.6. The van der Waals surface area contributed by atoms with Gasteiger partial charge >= 0.3 is 0 Å². The van der Waals surface area contributed by atoms with E-state index < -0.39 is 4.92 Å². The molecule has 2 aromatic carbocycles. The molecule has 2 aromatic rings. The number of ether oxygens (including phenoxy) is 1. The lowest BCUT2D eigenvalue weighted by Crippen LogP contribution is -2.01. The summed E-state index contributed by atoms with van der Waals surface area (Å²) in [7, 11) is 0. The molecule has 0 aromatic heterocycles. The highest BCUT2D eigenvalue weighted by Crippen LogP contribution is 2.23. The molecule has 0 unspecified atom stereocenters. The Hall–Kier alpha value is -2.62. The van der Waals surface area contributed by atoms with Crippen LogP contribution in [0.4, 0.5) is 5.69 Å². The quantitative estimate of drug-likeness (QED) is 0.603. The van der Waals surface area contributed by atoms with Crippen LogP contribution >= 0.6 is 0 Å². The summed E-state index contributed by atoms with van der Waals surface area (Å²) in [6.45, 7) is 3.86. The Kier molecular flexibility index (Phi) is 3.93. The van der Waals surface area contributed by atoms with E-state index in [-0.39, 0.29) is 12.3 Å². The first kappa shape index (κ1) is 12.8. The van der Waals surface area contributed by atoms with Gasteiger partial charge in [-0.15, -0.1) is 0 Å². The summed E-state index contributed by atoms with van der Waals surface area (Å²) >= 11 is 0. The minimum Gasteiger partial charge on any atom is -0.488 e. The van der Waals surface area contributed by atoms with Gasteiger partial charge in [0.2, 0.25) is 0 Å². The number of hydrogen-bond donors (Lipinski definition) is 0. The zero-order valence-corrected chi connectivity index (χ0v) is 10.3. The van der Waals surface area contributed by atoms with Crippen LogP contribution in [-0.4, -0.2) is 4.92 Å². The molecule has 4 nitrogen and oxygen atoms in total. The molecule has 19 heavy (non-hydrogen) atoms. The zero-order chi connectivity index (χ0) is 13.7. The van der Waals surface area contributed by atoms with Gasteiger partial charge in [-0.25, -0.2) is 0 Å². The fourth-order valence-electron chi connectivity index (χ4n) is 1.75. The van der Waals surface area contributed by atoms with Gasteiger partial charge in [-0.2, -0.15) is 0 Å². The van der Waals surface area contributed by atoms with Crippen molar-refractivity contribution < 1.29 is 9.66 Å². The van der Waals surface area contributed by atoms with Crippen molar-refractivity contribution in [3.63, 3.8) is 0 Å². The Morgan fingerprint density at radius 3 is 2.58 bits per heavy atom. The zero-order valence-electron chi connectivity index (χ0n) is 10.3. The van der Waals surface area contributed by atoms with Crippen molar-refractivity contribution in [2.45, 2.75) is 6.61 Å². The SMILES string of the molecule is C=Cc1ccccc1OCc1ccccc1[N+](=O)[O-]. The molecule has 0 saturated carbocycles. The third-order valence-corrected chi connectivity index (χ3v) is 2.71. The summed E-state index contributed by atoms with van der Waals surface area (Å²) in [5.74, 6) is 0.663. The second kappa shape index (κ2) is 5.82. The first-order valence-electron chi connectivity index (χ1n) is 5.79. The third-order valence-electron chi connectivity index (χ3n) is 2.71. The topological polar surface area (TPSA) is 52.4 Å². The van der Waals surface area contributed by atoms with Gasteiger partial charge in [0, 0.05) is 11.6 Å². The molecule has 0 aliphatic rings. The Labute approximate surface area is 111 Å². The third kappa shape index (κ3) is 2.98. The second-order valence-corrected chi connectivity index (χ2v) is 3.92. The normalized spacial score (nSPS) is 9.89. The lowest BCUT2D eigenvalue weighted by atomic mass is 10.2. The summed E-state index contributed by atoms with van der Waals surface area (Å²) in [5, 5.41) is 10.9. The van der Waals surface area contributed by atoms with Gasteiger partial charge in [0.1, 0.15) is 12.4 Å². The average molecular weight is 255 g/mol. The molecular weight excluding hydrogens is 242 g/mol. The lowest BCUT2D eigenvalue weighted by Gasteiger charge is -2.09. The lowest BCUT2D eigenvalue weighted by molar-refractivity contribution is -0.385. The Morgan fingerprint density at radius 1 is 1.16 bits per heavy atom. The van der Waals surface area contributed by atoms with Gasteiger partial charge in [0.05, 0.1) is 10.5 Å². The Bertz CT molecular complexity index is 608. The molecule has 0 spiro atoms. The molecule has 0 amide bonds. The van der Waals surface area contributed by atoms with Gasteiger partial charge in [-0.1, -0.05) is 43.0 Å². The summed E-state index contributed by atoms with van der Waals surface area (Å²) in [6, 6.07) is 14.0. The predicted molar refractivity (Wildman–Crippen MR) is 74.0 cm³/mol.